The van der Waals surface area contributed by atoms with E-state index in [1.165, 1.54) is 31.3 Å². The van der Waals surface area contributed by atoms with Crippen molar-refractivity contribution in [3.05, 3.63) is 54.1 Å². The van der Waals surface area contributed by atoms with Crippen molar-refractivity contribution in [1.29, 1.82) is 0 Å². The molecule has 0 unspecified atom stereocenters. The van der Waals surface area contributed by atoms with Crippen LogP contribution in [0.3, 0.4) is 0 Å². The molecule has 0 amide bonds. The average Bonchev–Trinajstić information content (AvgIpc) is 2.67. The first-order chi connectivity index (χ1) is 12.7. The van der Waals surface area contributed by atoms with Gasteiger partial charge in [0.2, 0.25) is 10.0 Å². The first kappa shape index (κ1) is 20.9. The Balaban J connectivity index is 2.16. The van der Waals surface area contributed by atoms with Gasteiger partial charge in [-0.25, -0.2) is 13.1 Å². The molecule has 2 rings (SSSR count). The summed E-state index contributed by atoms with van der Waals surface area (Å²) in [7, 11) is -6.04. The Morgan fingerprint density at radius 2 is 1.44 bits per heavy atom. The van der Waals surface area contributed by atoms with E-state index < -0.39 is 20.0 Å². The first-order valence-electron chi connectivity index (χ1n) is 8.02. The van der Waals surface area contributed by atoms with Crippen molar-refractivity contribution >= 4 is 25.8 Å². The van der Waals surface area contributed by atoms with Gasteiger partial charge >= 0.3 is 0 Å². The summed E-state index contributed by atoms with van der Waals surface area (Å²) in [6.07, 6.45) is 0. The molecule has 0 aliphatic heterocycles. The van der Waals surface area contributed by atoms with E-state index in [1.807, 2.05) is 6.92 Å². The highest BCUT2D eigenvalue weighted by Gasteiger charge is 2.14. The van der Waals surface area contributed by atoms with Crippen molar-refractivity contribution in [2.75, 3.05) is 13.7 Å². The molecule has 8 nitrogen and oxygen atoms in total. The Morgan fingerprint density at radius 1 is 0.926 bits per heavy atom. The molecule has 0 saturated heterocycles. The summed E-state index contributed by atoms with van der Waals surface area (Å²) in [6.45, 7) is 3.94. The van der Waals surface area contributed by atoms with Crippen molar-refractivity contribution in [3.8, 4) is 5.75 Å². The second-order valence-electron chi connectivity index (χ2n) is 5.43. The monoisotopic (exact) mass is 411 g/mol. The molecule has 0 atom stereocenters. The molecule has 2 aromatic rings. The van der Waals surface area contributed by atoms with Gasteiger partial charge in [-0.2, -0.15) is 18.4 Å². The predicted octanol–water partition coefficient (Wildman–Crippen LogP) is 1.70. The number of benzene rings is 2. The van der Waals surface area contributed by atoms with Crippen molar-refractivity contribution < 1.29 is 21.6 Å². The summed E-state index contributed by atoms with van der Waals surface area (Å²) < 4.78 is 55.6. The molecular formula is C17H21N3O5S2. The lowest BCUT2D eigenvalue weighted by molar-refractivity contribution is 0.340. The van der Waals surface area contributed by atoms with Crippen molar-refractivity contribution in [2.45, 2.75) is 23.6 Å². The first-order valence-corrected chi connectivity index (χ1v) is 11.0. The van der Waals surface area contributed by atoms with Gasteiger partial charge in [0.25, 0.3) is 10.0 Å². The molecular weight excluding hydrogens is 390 g/mol. The fraction of sp³-hybridized carbons (Fsp3) is 0.235. The molecule has 0 aliphatic carbocycles. The Labute approximate surface area is 159 Å². The lowest BCUT2D eigenvalue weighted by atomic mass is 10.1. The third-order valence-corrected chi connectivity index (χ3v) is 6.28. The van der Waals surface area contributed by atoms with Gasteiger partial charge in [-0.3, -0.25) is 0 Å². The molecule has 0 bridgehead atoms. The van der Waals surface area contributed by atoms with Crippen molar-refractivity contribution in [2.24, 2.45) is 5.10 Å². The quantitative estimate of drug-likeness (QED) is 0.507. The average molecular weight is 412 g/mol. The Bertz CT molecular complexity index is 1010. The van der Waals surface area contributed by atoms with E-state index >= 15 is 0 Å². The van der Waals surface area contributed by atoms with Crippen LogP contribution in [0.5, 0.6) is 5.75 Å². The molecule has 0 aliphatic rings. The van der Waals surface area contributed by atoms with E-state index in [0.717, 1.165) is 0 Å². The zero-order chi connectivity index (χ0) is 20.1. The maximum atomic E-state index is 12.3. The van der Waals surface area contributed by atoms with Crippen LogP contribution in [0.15, 0.2) is 63.4 Å². The van der Waals surface area contributed by atoms with E-state index in [9.17, 15) is 16.8 Å². The summed E-state index contributed by atoms with van der Waals surface area (Å²) in [5.74, 6) is 0.577. The van der Waals surface area contributed by atoms with Gasteiger partial charge in [-0.1, -0.05) is 12.1 Å². The number of sulfonamides is 2. The van der Waals surface area contributed by atoms with E-state index in [0.29, 0.717) is 23.6 Å². The van der Waals surface area contributed by atoms with Crippen LogP contribution < -0.4 is 14.3 Å². The molecule has 0 heterocycles. The Kier molecular flexibility index (Phi) is 6.58. The summed E-state index contributed by atoms with van der Waals surface area (Å²) in [6, 6.07) is 11.9. The minimum atomic E-state index is -3.83. The minimum Gasteiger partial charge on any atom is -0.494 e. The number of hydrogen-bond donors (Lipinski definition) is 2. The molecule has 27 heavy (non-hydrogen) atoms. The molecule has 10 heteroatoms. The molecule has 0 fully saturated rings. The molecule has 0 spiro atoms. The number of rotatable bonds is 8. The molecule has 2 N–H and O–H groups in total. The molecule has 0 radical (unpaired) electrons. The van der Waals surface area contributed by atoms with Crippen LogP contribution in [0.1, 0.15) is 19.4 Å². The summed E-state index contributed by atoms with van der Waals surface area (Å²) in [5.41, 5.74) is 0.970. The number of nitrogens with zero attached hydrogens (tertiary/aromatic N) is 1. The lowest BCUT2D eigenvalue weighted by Crippen LogP contribution is -2.20. The molecule has 0 aromatic heterocycles. The topological polar surface area (TPSA) is 114 Å². The maximum absolute atomic E-state index is 12.3. The SMILES string of the molecule is CCOc1ccc(S(=O)(=O)N/N=C(/C)c2ccc(S(=O)(=O)NC)cc2)cc1. The highest BCUT2D eigenvalue weighted by molar-refractivity contribution is 7.89. The standard InChI is InChI=1S/C17H21N3O5S2/c1-4-25-15-7-11-17(12-8-15)27(23,24)20-19-13(2)14-5-9-16(10-6-14)26(21,22)18-3/h5-12,18,20H,4H2,1-3H3/b19-13-. The lowest BCUT2D eigenvalue weighted by Gasteiger charge is -2.08. The Morgan fingerprint density at radius 3 is 1.96 bits per heavy atom. The maximum Gasteiger partial charge on any atom is 0.276 e. The van der Waals surface area contributed by atoms with Gasteiger partial charge in [0.05, 0.1) is 22.1 Å². The van der Waals surface area contributed by atoms with Crippen LogP contribution >= 0.6 is 0 Å². The van der Waals surface area contributed by atoms with Crippen LogP contribution in [-0.2, 0) is 20.0 Å². The second kappa shape index (κ2) is 8.51. The Hall–Kier alpha value is -2.43. The van der Waals surface area contributed by atoms with Gasteiger partial charge in [-0.15, -0.1) is 0 Å². The molecule has 0 saturated carbocycles. The third-order valence-electron chi connectivity index (χ3n) is 3.63. The van der Waals surface area contributed by atoms with Crippen LogP contribution in [0, 0.1) is 0 Å². The largest absolute Gasteiger partial charge is 0.494 e. The summed E-state index contributed by atoms with van der Waals surface area (Å²) >= 11 is 0. The van der Waals surface area contributed by atoms with Gasteiger partial charge in [0, 0.05) is 0 Å². The highest BCUT2D eigenvalue weighted by Crippen LogP contribution is 2.16. The van der Waals surface area contributed by atoms with E-state index in [-0.39, 0.29) is 9.79 Å². The number of nitrogens with one attached hydrogen (secondary N) is 2. The normalized spacial score (nSPS) is 12.6. The van der Waals surface area contributed by atoms with Crippen LogP contribution in [0.2, 0.25) is 0 Å². The zero-order valence-corrected chi connectivity index (χ0v) is 16.8. The highest BCUT2D eigenvalue weighted by atomic mass is 32.2. The van der Waals surface area contributed by atoms with Gasteiger partial charge in [0.1, 0.15) is 5.75 Å². The number of hydrogen-bond acceptors (Lipinski definition) is 6. The van der Waals surface area contributed by atoms with E-state index in [2.05, 4.69) is 14.7 Å². The summed E-state index contributed by atoms with van der Waals surface area (Å²) in [5, 5.41) is 3.90. The molecule has 2 aromatic carbocycles. The van der Waals surface area contributed by atoms with Crippen LogP contribution in [0.4, 0.5) is 0 Å². The van der Waals surface area contributed by atoms with Gasteiger partial charge < -0.3 is 4.74 Å². The predicted molar refractivity (Wildman–Crippen MR) is 103 cm³/mol. The minimum absolute atomic E-state index is 0.0537. The second-order valence-corrected chi connectivity index (χ2v) is 8.98. The van der Waals surface area contributed by atoms with E-state index in [4.69, 9.17) is 4.74 Å². The van der Waals surface area contributed by atoms with Crippen LogP contribution in [0.25, 0.3) is 0 Å². The fourth-order valence-electron chi connectivity index (χ4n) is 2.12. The summed E-state index contributed by atoms with van der Waals surface area (Å²) in [4.78, 5) is 2.33. The smallest absolute Gasteiger partial charge is 0.276 e. The van der Waals surface area contributed by atoms with Gasteiger partial charge in [0.15, 0.2) is 0 Å². The van der Waals surface area contributed by atoms with Crippen molar-refractivity contribution in [3.63, 3.8) is 0 Å². The number of hydrazone groups is 1. The van der Waals surface area contributed by atoms with Crippen LogP contribution in [-0.4, -0.2) is 36.2 Å². The zero-order valence-electron chi connectivity index (χ0n) is 15.1. The van der Waals surface area contributed by atoms with Gasteiger partial charge in [-0.05, 0) is 62.9 Å². The van der Waals surface area contributed by atoms with E-state index in [1.54, 1.807) is 31.2 Å². The van der Waals surface area contributed by atoms with Crippen molar-refractivity contribution in [1.82, 2.24) is 9.55 Å². The fourth-order valence-corrected chi connectivity index (χ4v) is 3.71. The molecule has 146 valence electrons. The third kappa shape index (κ3) is 5.28. The number of ether oxygens (including phenoxy) is 1.